The van der Waals surface area contributed by atoms with Crippen LogP contribution in [0.5, 0.6) is 0 Å². The summed E-state index contributed by atoms with van der Waals surface area (Å²) in [6, 6.07) is 10.6. The molecule has 2 N–H and O–H groups in total. The van der Waals surface area contributed by atoms with Gasteiger partial charge in [0.2, 0.25) is 0 Å². The highest BCUT2D eigenvalue weighted by molar-refractivity contribution is 6.33. The van der Waals surface area contributed by atoms with Crippen molar-refractivity contribution in [3.63, 3.8) is 0 Å². The maximum Gasteiger partial charge on any atom is 0.319 e. The number of para-hydroxylation sites is 1. The number of benzene rings is 1. The third-order valence-corrected chi connectivity index (χ3v) is 3.01. The van der Waals surface area contributed by atoms with E-state index in [1.165, 1.54) is 0 Å². The fraction of sp³-hybridized carbons (Fsp3) is 0.143. The lowest BCUT2D eigenvalue weighted by atomic mass is 10.2. The van der Waals surface area contributed by atoms with Crippen molar-refractivity contribution in [2.45, 2.75) is 13.5 Å². The molecule has 4 nitrogen and oxygen atoms in total. The molecular formula is C14H14ClN3O. The van der Waals surface area contributed by atoms with E-state index < -0.39 is 0 Å². The number of pyridine rings is 1. The molecule has 0 fully saturated rings. The van der Waals surface area contributed by atoms with E-state index >= 15 is 0 Å². The predicted molar refractivity (Wildman–Crippen MR) is 76.3 cm³/mol. The molecule has 0 bridgehead atoms. The minimum atomic E-state index is -0.295. The third kappa shape index (κ3) is 3.69. The molecule has 2 aromatic rings. The van der Waals surface area contributed by atoms with Gasteiger partial charge in [-0.05, 0) is 30.7 Å². The molecule has 1 heterocycles. The van der Waals surface area contributed by atoms with Gasteiger partial charge in [0.25, 0.3) is 0 Å². The van der Waals surface area contributed by atoms with E-state index in [1.807, 2.05) is 31.2 Å². The Bertz CT molecular complexity index is 586. The van der Waals surface area contributed by atoms with Crippen LogP contribution in [0.25, 0.3) is 0 Å². The van der Waals surface area contributed by atoms with Gasteiger partial charge >= 0.3 is 6.03 Å². The Hall–Kier alpha value is -2.07. The van der Waals surface area contributed by atoms with Crippen molar-refractivity contribution >= 4 is 23.3 Å². The van der Waals surface area contributed by atoms with Crippen LogP contribution in [0.4, 0.5) is 10.5 Å². The number of aromatic nitrogens is 1. The highest BCUT2D eigenvalue weighted by Gasteiger charge is 2.05. The molecule has 98 valence electrons. The summed E-state index contributed by atoms with van der Waals surface area (Å²) < 4.78 is 0. The maximum absolute atomic E-state index is 11.7. The molecule has 5 heteroatoms. The molecular weight excluding hydrogens is 262 g/mol. The number of hydrogen-bond acceptors (Lipinski definition) is 2. The van der Waals surface area contributed by atoms with Crippen LogP contribution in [0.15, 0.2) is 42.6 Å². The zero-order valence-electron chi connectivity index (χ0n) is 10.5. The number of halogens is 1. The lowest BCUT2D eigenvalue weighted by Crippen LogP contribution is -2.28. The average molecular weight is 276 g/mol. The van der Waals surface area contributed by atoms with Gasteiger partial charge in [-0.15, -0.1) is 0 Å². The molecule has 0 atom stereocenters. The summed E-state index contributed by atoms with van der Waals surface area (Å²) in [5.74, 6) is 0. The van der Waals surface area contributed by atoms with Crippen molar-refractivity contribution < 1.29 is 4.79 Å². The standard InChI is InChI=1S/C14H14ClN3O/c1-10-11(5-4-8-16-10)9-17-14(19)18-13-7-3-2-6-12(13)15/h2-8H,9H2,1H3,(H2,17,18,19). The van der Waals surface area contributed by atoms with Crippen molar-refractivity contribution in [1.29, 1.82) is 0 Å². The number of urea groups is 1. The van der Waals surface area contributed by atoms with Gasteiger partial charge in [0.05, 0.1) is 10.7 Å². The first kappa shape index (κ1) is 13.4. The summed E-state index contributed by atoms with van der Waals surface area (Å²) in [4.78, 5) is 15.9. The topological polar surface area (TPSA) is 54.0 Å². The van der Waals surface area contributed by atoms with Crippen LogP contribution in [0, 0.1) is 6.92 Å². The number of aryl methyl sites for hydroxylation is 1. The van der Waals surface area contributed by atoms with E-state index in [9.17, 15) is 4.79 Å². The average Bonchev–Trinajstić information content (AvgIpc) is 2.40. The number of rotatable bonds is 3. The van der Waals surface area contributed by atoms with Crippen LogP contribution in [0.1, 0.15) is 11.3 Å². The molecule has 0 radical (unpaired) electrons. The minimum absolute atomic E-state index is 0.295. The lowest BCUT2D eigenvalue weighted by molar-refractivity contribution is 0.251. The molecule has 2 amide bonds. The van der Waals surface area contributed by atoms with Crippen LogP contribution >= 0.6 is 11.6 Å². The molecule has 0 saturated carbocycles. The third-order valence-electron chi connectivity index (χ3n) is 2.68. The quantitative estimate of drug-likeness (QED) is 0.902. The molecule has 0 aliphatic carbocycles. The van der Waals surface area contributed by atoms with Gasteiger partial charge in [-0.25, -0.2) is 4.79 Å². The van der Waals surface area contributed by atoms with E-state index in [2.05, 4.69) is 15.6 Å². The summed E-state index contributed by atoms with van der Waals surface area (Å²) in [6.07, 6.45) is 1.72. The van der Waals surface area contributed by atoms with E-state index in [0.717, 1.165) is 11.3 Å². The Balaban J connectivity index is 1.92. The van der Waals surface area contributed by atoms with Crippen molar-refractivity contribution in [3.05, 3.63) is 58.9 Å². The van der Waals surface area contributed by atoms with Gasteiger partial charge in [-0.2, -0.15) is 0 Å². The zero-order chi connectivity index (χ0) is 13.7. The molecule has 0 saturated heterocycles. The van der Waals surface area contributed by atoms with Gasteiger partial charge in [0, 0.05) is 18.4 Å². The Morgan fingerprint density at radius 2 is 2.05 bits per heavy atom. The Kier molecular flexibility index (Phi) is 4.36. The second-order valence-electron chi connectivity index (χ2n) is 4.04. The van der Waals surface area contributed by atoms with Gasteiger partial charge in [-0.1, -0.05) is 29.8 Å². The summed E-state index contributed by atoms with van der Waals surface area (Å²) in [6.45, 7) is 2.33. The smallest absolute Gasteiger partial charge is 0.319 e. The van der Waals surface area contributed by atoms with Crippen molar-refractivity contribution in [2.24, 2.45) is 0 Å². The van der Waals surface area contributed by atoms with E-state index in [1.54, 1.807) is 18.3 Å². The number of carbonyl (C=O) groups is 1. The maximum atomic E-state index is 11.7. The molecule has 0 aliphatic rings. The first-order chi connectivity index (χ1) is 9.16. The van der Waals surface area contributed by atoms with Gasteiger partial charge in [-0.3, -0.25) is 4.98 Å². The first-order valence-corrected chi connectivity index (χ1v) is 6.24. The summed E-state index contributed by atoms with van der Waals surface area (Å²) in [5.41, 5.74) is 2.47. The van der Waals surface area contributed by atoms with Gasteiger partial charge in [0.15, 0.2) is 0 Å². The number of carbonyl (C=O) groups excluding carboxylic acids is 1. The van der Waals surface area contributed by atoms with Crippen molar-refractivity contribution in [3.8, 4) is 0 Å². The summed E-state index contributed by atoms with van der Waals surface area (Å²) >= 11 is 5.96. The van der Waals surface area contributed by atoms with Crippen molar-refractivity contribution in [1.82, 2.24) is 10.3 Å². The molecule has 1 aromatic heterocycles. The first-order valence-electron chi connectivity index (χ1n) is 5.86. The SMILES string of the molecule is Cc1ncccc1CNC(=O)Nc1ccccc1Cl. The van der Waals surface area contributed by atoms with Crippen LogP contribution in [0.2, 0.25) is 5.02 Å². The number of nitrogens with zero attached hydrogens (tertiary/aromatic N) is 1. The van der Waals surface area contributed by atoms with Gasteiger partial charge < -0.3 is 10.6 Å². The number of amides is 2. The van der Waals surface area contributed by atoms with Gasteiger partial charge in [0.1, 0.15) is 0 Å². The minimum Gasteiger partial charge on any atom is -0.334 e. The molecule has 19 heavy (non-hydrogen) atoms. The fourth-order valence-corrected chi connectivity index (χ4v) is 1.79. The lowest BCUT2D eigenvalue weighted by Gasteiger charge is -2.09. The molecule has 0 spiro atoms. The number of anilines is 1. The van der Waals surface area contributed by atoms with E-state index in [0.29, 0.717) is 17.3 Å². The highest BCUT2D eigenvalue weighted by atomic mass is 35.5. The number of hydrogen-bond donors (Lipinski definition) is 2. The van der Waals surface area contributed by atoms with Crippen LogP contribution in [-0.2, 0) is 6.54 Å². The summed E-state index contributed by atoms with van der Waals surface area (Å²) in [7, 11) is 0. The van der Waals surface area contributed by atoms with E-state index in [4.69, 9.17) is 11.6 Å². The van der Waals surface area contributed by atoms with Crippen LogP contribution in [0.3, 0.4) is 0 Å². The Labute approximate surface area is 116 Å². The largest absolute Gasteiger partial charge is 0.334 e. The van der Waals surface area contributed by atoms with Crippen LogP contribution < -0.4 is 10.6 Å². The molecule has 1 aromatic carbocycles. The number of nitrogens with one attached hydrogen (secondary N) is 2. The Morgan fingerprint density at radius 3 is 2.79 bits per heavy atom. The second-order valence-corrected chi connectivity index (χ2v) is 4.44. The normalized spacial score (nSPS) is 10.0. The van der Waals surface area contributed by atoms with E-state index in [-0.39, 0.29) is 6.03 Å². The van der Waals surface area contributed by atoms with Crippen LogP contribution in [-0.4, -0.2) is 11.0 Å². The highest BCUT2D eigenvalue weighted by Crippen LogP contribution is 2.20. The molecule has 0 aliphatic heterocycles. The van der Waals surface area contributed by atoms with Crippen molar-refractivity contribution in [2.75, 3.05) is 5.32 Å². The molecule has 0 unspecified atom stereocenters. The summed E-state index contributed by atoms with van der Waals surface area (Å²) in [5, 5.41) is 5.97. The predicted octanol–water partition coefficient (Wildman–Crippen LogP) is 3.37. The Morgan fingerprint density at radius 1 is 1.26 bits per heavy atom. The fourth-order valence-electron chi connectivity index (χ4n) is 1.61. The molecule has 2 rings (SSSR count). The zero-order valence-corrected chi connectivity index (χ0v) is 11.2. The monoisotopic (exact) mass is 275 g/mol. The second kappa shape index (κ2) is 6.20.